The predicted molar refractivity (Wildman–Crippen MR) is 97.4 cm³/mol. The molecule has 0 aromatic heterocycles. The summed E-state index contributed by atoms with van der Waals surface area (Å²) in [6.07, 6.45) is 1.99. The van der Waals surface area contributed by atoms with Gasteiger partial charge in [0.15, 0.2) is 6.61 Å². The average Bonchev–Trinajstić information content (AvgIpc) is 3.38. The molecule has 1 N–H and O–H groups in total. The maximum Gasteiger partial charge on any atom is 0.316 e. The van der Waals surface area contributed by atoms with E-state index in [-0.39, 0.29) is 30.9 Å². The van der Waals surface area contributed by atoms with E-state index in [0.717, 1.165) is 18.4 Å². The van der Waals surface area contributed by atoms with Gasteiger partial charge in [0.2, 0.25) is 5.91 Å². The molecule has 0 aliphatic heterocycles. The number of amides is 2. The Hall–Kier alpha value is -1.73. The summed E-state index contributed by atoms with van der Waals surface area (Å²) in [7, 11) is 1.51. The van der Waals surface area contributed by atoms with Crippen molar-refractivity contribution in [1.29, 1.82) is 0 Å². The SMILES string of the molecule is CN(CC(=O)NC1CC1)C(=O)COC(=O)CSCc1ccccc1Cl. The summed E-state index contributed by atoms with van der Waals surface area (Å²) < 4.78 is 4.95. The number of rotatable bonds is 9. The van der Waals surface area contributed by atoms with Gasteiger partial charge in [-0.15, -0.1) is 11.8 Å². The van der Waals surface area contributed by atoms with Crippen molar-refractivity contribution in [3.8, 4) is 0 Å². The van der Waals surface area contributed by atoms with Crippen molar-refractivity contribution in [3.63, 3.8) is 0 Å². The summed E-state index contributed by atoms with van der Waals surface area (Å²) >= 11 is 7.41. The van der Waals surface area contributed by atoms with Crippen molar-refractivity contribution < 1.29 is 19.1 Å². The molecule has 0 radical (unpaired) electrons. The number of esters is 1. The number of halogens is 1. The fraction of sp³-hybridized carbons (Fsp3) is 0.471. The average molecular weight is 385 g/mol. The lowest BCUT2D eigenvalue weighted by molar-refractivity contribution is -0.149. The maximum atomic E-state index is 11.9. The van der Waals surface area contributed by atoms with Gasteiger partial charge >= 0.3 is 5.97 Å². The molecule has 2 amide bonds. The summed E-state index contributed by atoms with van der Waals surface area (Å²) in [5.74, 6) is -0.356. The first-order chi connectivity index (χ1) is 12.0. The minimum atomic E-state index is -0.471. The van der Waals surface area contributed by atoms with Crippen LogP contribution in [0.4, 0.5) is 0 Å². The second-order valence-corrected chi connectivity index (χ2v) is 7.23. The molecule has 0 bridgehead atoms. The Balaban J connectivity index is 1.60. The minimum Gasteiger partial charge on any atom is -0.455 e. The highest BCUT2D eigenvalue weighted by atomic mass is 35.5. The quantitative estimate of drug-likeness (QED) is 0.657. The molecule has 0 atom stereocenters. The highest BCUT2D eigenvalue weighted by Crippen LogP contribution is 2.20. The number of thioether (sulfide) groups is 1. The van der Waals surface area contributed by atoms with Gasteiger partial charge in [-0.2, -0.15) is 0 Å². The zero-order valence-electron chi connectivity index (χ0n) is 14.0. The number of carbonyl (C=O) groups is 3. The summed E-state index contributed by atoms with van der Waals surface area (Å²) in [5, 5.41) is 3.45. The molecule has 136 valence electrons. The van der Waals surface area contributed by atoms with Gasteiger partial charge in [0, 0.05) is 23.9 Å². The van der Waals surface area contributed by atoms with E-state index < -0.39 is 11.9 Å². The first kappa shape index (κ1) is 19.6. The Labute approximate surface area is 156 Å². The van der Waals surface area contributed by atoms with Crippen molar-refractivity contribution in [2.75, 3.05) is 26.0 Å². The first-order valence-electron chi connectivity index (χ1n) is 7.96. The first-order valence-corrected chi connectivity index (χ1v) is 9.49. The largest absolute Gasteiger partial charge is 0.455 e. The van der Waals surface area contributed by atoms with E-state index in [9.17, 15) is 14.4 Å². The van der Waals surface area contributed by atoms with Crippen LogP contribution in [0.1, 0.15) is 18.4 Å². The van der Waals surface area contributed by atoms with Crippen LogP contribution in [0.15, 0.2) is 24.3 Å². The van der Waals surface area contributed by atoms with Crippen LogP contribution in [-0.2, 0) is 24.9 Å². The molecule has 1 aromatic carbocycles. The van der Waals surface area contributed by atoms with E-state index >= 15 is 0 Å². The normalized spacial score (nSPS) is 13.2. The molecule has 1 fully saturated rings. The molecule has 0 unspecified atom stereocenters. The van der Waals surface area contributed by atoms with Crippen LogP contribution in [0.25, 0.3) is 0 Å². The number of carbonyl (C=O) groups excluding carboxylic acids is 3. The molecular weight excluding hydrogens is 364 g/mol. The van der Waals surface area contributed by atoms with Gasteiger partial charge in [0.25, 0.3) is 5.91 Å². The minimum absolute atomic E-state index is 0.0336. The van der Waals surface area contributed by atoms with Crippen LogP contribution < -0.4 is 5.32 Å². The predicted octanol–water partition coefficient (Wildman–Crippen LogP) is 1.85. The van der Waals surface area contributed by atoms with Gasteiger partial charge in [0.05, 0.1) is 12.3 Å². The van der Waals surface area contributed by atoms with E-state index in [1.807, 2.05) is 18.2 Å². The number of hydrogen-bond acceptors (Lipinski definition) is 5. The van der Waals surface area contributed by atoms with E-state index in [1.54, 1.807) is 6.07 Å². The number of hydrogen-bond donors (Lipinski definition) is 1. The topological polar surface area (TPSA) is 75.7 Å². The number of nitrogens with zero attached hydrogens (tertiary/aromatic N) is 1. The molecule has 6 nitrogen and oxygen atoms in total. The third-order valence-corrected chi connectivity index (χ3v) is 4.86. The van der Waals surface area contributed by atoms with Crippen LogP contribution in [0.2, 0.25) is 5.02 Å². The van der Waals surface area contributed by atoms with Gasteiger partial charge in [-0.05, 0) is 24.5 Å². The lowest BCUT2D eigenvalue weighted by Gasteiger charge is -2.16. The molecule has 1 aliphatic rings. The molecule has 0 saturated heterocycles. The summed E-state index contributed by atoms with van der Waals surface area (Å²) in [5.41, 5.74) is 0.944. The van der Waals surface area contributed by atoms with Crippen LogP contribution in [0, 0.1) is 0 Å². The van der Waals surface area contributed by atoms with Gasteiger partial charge in [0.1, 0.15) is 0 Å². The number of nitrogens with one attached hydrogen (secondary N) is 1. The maximum absolute atomic E-state index is 11.9. The van der Waals surface area contributed by atoms with Crippen LogP contribution >= 0.6 is 23.4 Å². The summed E-state index contributed by atoms with van der Waals surface area (Å²) in [6.45, 7) is -0.396. The highest BCUT2D eigenvalue weighted by Gasteiger charge is 2.24. The lowest BCUT2D eigenvalue weighted by atomic mass is 10.2. The van der Waals surface area contributed by atoms with Gasteiger partial charge in [-0.1, -0.05) is 29.8 Å². The van der Waals surface area contributed by atoms with Crippen molar-refractivity contribution in [2.24, 2.45) is 0 Å². The molecule has 8 heteroatoms. The van der Waals surface area contributed by atoms with Gasteiger partial charge < -0.3 is 15.0 Å². The third kappa shape index (κ3) is 7.36. The Morgan fingerprint density at radius 3 is 2.72 bits per heavy atom. The summed E-state index contributed by atoms with van der Waals surface area (Å²) in [4.78, 5) is 36.4. The van der Waals surface area contributed by atoms with Crippen molar-refractivity contribution >= 4 is 41.1 Å². The van der Waals surface area contributed by atoms with Crippen molar-refractivity contribution in [1.82, 2.24) is 10.2 Å². The molecule has 1 aromatic rings. The monoisotopic (exact) mass is 384 g/mol. The van der Waals surface area contributed by atoms with Crippen LogP contribution in [-0.4, -0.2) is 54.7 Å². The van der Waals surface area contributed by atoms with Gasteiger partial charge in [-0.3, -0.25) is 14.4 Å². The standard InChI is InChI=1S/C17H21ClN2O4S/c1-20(8-15(21)19-13-6-7-13)16(22)9-24-17(23)11-25-10-12-4-2-3-5-14(12)18/h2-5,13H,6-11H2,1H3,(H,19,21). The molecule has 1 saturated carbocycles. The molecule has 1 aliphatic carbocycles. The number of ether oxygens (including phenoxy) is 1. The molecule has 2 rings (SSSR count). The third-order valence-electron chi connectivity index (χ3n) is 3.54. The highest BCUT2D eigenvalue weighted by molar-refractivity contribution is 7.99. The Morgan fingerprint density at radius 2 is 2.04 bits per heavy atom. The molecule has 25 heavy (non-hydrogen) atoms. The van der Waals surface area contributed by atoms with E-state index in [1.165, 1.54) is 23.7 Å². The fourth-order valence-electron chi connectivity index (χ4n) is 1.96. The zero-order chi connectivity index (χ0) is 18.2. The van der Waals surface area contributed by atoms with Crippen molar-refractivity contribution in [3.05, 3.63) is 34.9 Å². The Bertz CT molecular complexity index is 637. The number of likely N-dealkylation sites (N-methyl/N-ethyl adjacent to an activating group) is 1. The lowest BCUT2D eigenvalue weighted by Crippen LogP contribution is -2.40. The Morgan fingerprint density at radius 1 is 1.32 bits per heavy atom. The van der Waals surface area contributed by atoms with Crippen LogP contribution in [0.3, 0.4) is 0 Å². The second kappa shape index (κ2) is 9.68. The van der Waals surface area contributed by atoms with Crippen LogP contribution in [0.5, 0.6) is 0 Å². The smallest absolute Gasteiger partial charge is 0.316 e. The fourth-order valence-corrected chi connectivity index (χ4v) is 3.06. The summed E-state index contributed by atoms with van der Waals surface area (Å²) in [6, 6.07) is 7.67. The molecule has 0 spiro atoms. The van der Waals surface area contributed by atoms with E-state index in [4.69, 9.17) is 16.3 Å². The second-order valence-electron chi connectivity index (χ2n) is 5.84. The molecular formula is C17H21ClN2O4S. The molecule has 0 heterocycles. The van der Waals surface area contributed by atoms with Gasteiger partial charge in [-0.25, -0.2) is 0 Å². The van der Waals surface area contributed by atoms with E-state index in [0.29, 0.717) is 10.8 Å². The van der Waals surface area contributed by atoms with Crippen molar-refractivity contribution in [2.45, 2.75) is 24.6 Å². The van der Waals surface area contributed by atoms with E-state index in [2.05, 4.69) is 5.32 Å². The Kier molecular flexibility index (Phi) is 7.58. The number of benzene rings is 1. The zero-order valence-corrected chi connectivity index (χ0v) is 15.6.